The number of methoxy groups -OCH3 is 2. The average molecular weight is 776 g/mol. The Hall–Kier alpha value is -2.64. The van der Waals surface area contributed by atoms with Gasteiger partial charge in [0.25, 0.3) is 5.56 Å². The minimum absolute atomic E-state index is 0.0483. The SMILES string of the molecule is CCOc1c(I)cc(/C=c2/sc3n(c2=O)[C@@H](c2ccc(OC)c(OC)c2)C2=C(N=3)c3ccccc3CC2)cc1I. The minimum atomic E-state index is -0.290. The van der Waals surface area contributed by atoms with Gasteiger partial charge in [0.2, 0.25) is 0 Å². The summed E-state index contributed by atoms with van der Waals surface area (Å²) in [7, 11) is 3.26. The van der Waals surface area contributed by atoms with Crippen molar-refractivity contribution in [3.63, 3.8) is 0 Å². The molecule has 9 heteroatoms. The van der Waals surface area contributed by atoms with E-state index in [0.717, 1.165) is 53.7 Å². The fourth-order valence-electron chi connectivity index (χ4n) is 5.44. The van der Waals surface area contributed by atoms with E-state index in [1.54, 1.807) is 14.2 Å². The Morgan fingerprint density at radius 2 is 1.77 bits per heavy atom. The second-order valence-electron chi connectivity index (χ2n) is 9.47. The molecule has 0 N–H and O–H groups in total. The van der Waals surface area contributed by atoms with E-state index in [4.69, 9.17) is 19.2 Å². The molecule has 0 saturated heterocycles. The first-order chi connectivity index (χ1) is 19.4. The summed E-state index contributed by atoms with van der Waals surface area (Å²) in [5.74, 6) is 2.17. The summed E-state index contributed by atoms with van der Waals surface area (Å²) in [6.45, 7) is 2.58. The normalized spacial score (nSPS) is 16.1. The monoisotopic (exact) mass is 776 g/mol. The molecule has 4 aromatic rings. The van der Waals surface area contributed by atoms with Gasteiger partial charge in [-0.25, -0.2) is 4.99 Å². The molecular formula is C31H26I2N2O4S. The van der Waals surface area contributed by atoms with Crippen LogP contribution >= 0.6 is 56.5 Å². The molecule has 1 aliphatic heterocycles. The van der Waals surface area contributed by atoms with Crippen LogP contribution in [0.5, 0.6) is 17.2 Å². The summed E-state index contributed by atoms with van der Waals surface area (Å²) < 4.78 is 21.5. The zero-order valence-electron chi connectivity index (χ0n) is 22.2. The van der Waals surface area contributed by atoms with Crippen LogP contribution in [0.1, 0.15) is 41.6 Å². The third-order valence-electron chi connectivity index (χ3n) is 7.20. The highest BCUT2D eigenvalue weighted by Crippen LogP contribution is 2.42. The van der Waals surface area contributed by atoms with E-state index in [9.17, 15) is 4.79 Å². The standard InChI is InChI=1S/C31H26I2N2O4S/c1-4-39-29-22(32)13-17(14-23(29)33)15-26-30(36)35-28(19-10-12-24(37-2)25(16-19)38-3)21-11-9-18-7-5-6-8-20(18)27(21)34-31(35)40-26/h5-8,10,12-16,28H,4,9,11H2,1-3H3/b26-15+/t28-/m0/s1. The van der Waals surface area contributed by atoms with Crippen molar-refractivity contribution in [3.05, 3.63) is 109 Å². The number of hydrogen-bond donors (Lipinski definition) is 0. The van der Waals surface area contributed by atoms with Crippen molar-refractivity contribution >= 4 is 68.3 Å². The third kappa shape index (κ3) is 4.79. The lowest BCUT2D eigenvalue weighted by Gasteiger charge is -2.31. The molecule has 40 heavy (non-hydrogen) atoms. The van der Waals surface area contributed by atoms with Gasteiger partial charge in [-0.1, -0.05) is 41.7 Å². The Morgan fingerprint density at radius 1 is 1.02 bits per heavy atom. The lowest BCUT2D eigenvalue weighted by atomic mass is 9.83. The number of benzene rings is 3. The van der Waals surface area contributed by atoms with E-state index in [1.165, 1.54) is 16.9 Å². The molecule has 0 amide bonds. The van der Waals surface area contributed by atoms with Crippen LogP contribution in [-0.2, 0) is 6.42 Å². The summed E-state index contributed by atoms with van der Waals surface area (Å²) in [5, 5.41) is 0. The van der Waals surface area contributed by atoms with Gasteiger partial charge in [0.15, 0.2) is 16.3 Å². The number of hydrogen-bond acceptors (Lipinski definition) is 6. The van der Waals surface area contributed by atoms with E-state index in [2.05, 4.69) is 81.6 Å². The fourth-order valence-corrected chi connectivity index (χ4v) is 8.57. The molecule has 6 rings (SSSR count). The summed E-state index contributed by atoms with van der Waals surface area (Å²) in [4.78, 5) is 19.9. The summed E-state index contributed by atoms with van der Waals surface area (Å²) >= 11 is 6.02. The number of aromatic nitrogens is 1. The van der Waals surface area contributed by atoms with Crippen LogP contribution in [0.3, 0.4) is 0 Å². The molecular weight excluding hydrogens is 750 g/mol. The number of fused-ring (bicyclic) bond motifs is 3. The first kappa shape index (κ1) is 27.5. The number of halogens is 2. The predicted molar refractivity (Wildman–Crippen MR) is 175 cm³/mol. The molecule has 2 aliphatic rings. The van der Waals surface area contributed by atoms with Crippen molar-refractivity contribution in [2.45, 2.75) is 25.8 Å². The van der Waals surface area contributed by atoms with Crippen LogP contribution in [0.15, 0.2) is 70.0 Å². The van der Waals surface area contributed by atoms with Crippen LogP contribution in [0.25, 0.3) is 11.8 Å². The molecule has 6 nitrogen and oxygen atoms in total. The lowest BCUT2D eigenvalue weighted by Crippen LogP contribution is -2.38. The molecule has 0 fully saturated rings. The zero-order chi connectivity index (χ0) is 28.0. The largest absolute Gasteiger partial charge is 0.493 e. The number of nitrogens with zero attached hydrogens (tertiary/aromatic N) is 2. The van der Waals surface area contributed by atoms with E-state index in [1.807, 2.05) is 35.8 Å². The van der Waals surface area contributed by atoms with Gasteiger partial charge >= 0.3 is 0 Å². The van der Waals surface area contributed by atoms with Crippen molar-refractivity contribution in [1.82, 2.24) is 4.57 Å². The molecule has 3 aromatic carbocycles. The minimum Gasteiger partial charge on any atom is -0.493 e. The van der Waals surface area contributed by atoms with Crippen molar-refractivity contribution in [1.29, 1.82) is 0 Å². The fraction of sp³-hybridized carbons (Fsp3) is 0.226. The van der Waals surface area contributed by atoms with Gasteiger partial charge in [0.1, 0.15) is 5.75 Å². The van der Waals surface area contributed by atoms with Crippen LogP contribution in [-0.4, -0.2) is 25.4 Å². The predicted octanol–water partition coefficient (Wildman–Crippen LogP) is 5.94. The Morgan fingerprint density at radius 3 is 2.50 bits per heavy atom. The van der Waals surface area contributed by atoms with Gasteiger partial charge in [0.05, 0.1) is 44.2 Å². The zero-order valence-corrected chi connectivity index (χ0v) is 27.3. The maximum atomic E-state index is 14.1. The smallest absolute Gasteiger partial charge is 0.271 e. The Balaban J connectivity index is 1.58. The highest BCUT2D eigenvalue weighted by molar-refractivity contribution is 14.1. The molecule has 0 unspecified atom stereocenters. The van der Waals surface area contributed by atoms with Gasteiger partial charge in [-0.3, -0.25) is 9.36 Å². The molecule has 1 aromatic heterocycles. The summed E-state index contributed by atoms with van der Waals surface area (Å²) in [6, 6.07) is 18.2. The van der Waals surface area contributed by atoms with Crippen molar-refractivity contribution in [2.24, 2.45) is 4.99 Å². The Labute approximate surface area is 263 Å². The molecule has 1 atom stereocenters. The van der Waals surface area contributed by atoms with Crippen molar-refractivity contribution < 1.29 is 14.2 Å². The van der Waals surface area contributed by atoms with Crippen LogP contribution in [0.2, 0.25) is 0 Å². The van der Waals surface area contributed by atoms with E-state index in [-0.39, 0.29) is 11.6 Å². The van der Waals surface area contributed by atoms with Crippen molar-refractivity contribution in [3.8, 4) is 17.2 Å². The molecule has 0 spiro atoms. The van der Waals surface area contributed by atoms with Gasteiger partial charge in [-0.05, 0) is 118 Å². The maximum Gasteiger partial charge on any atom is 0.271 e. The van der Waals surface area contributed by atoms with Gasteiger partial charge in [-0.15, -0.1) is 0 Å². The number of aryl methyl sites for hydroxylation is 1. The molecule has 0 saturated carbocycles. The second-order valence-corrected chi connectivity index (χ2v) is 12.8. The first-order valence-corrected chi connectivity index (χ1v) is 15.9. The molecule has 204 valence electrons. The van der Waals surface area contributed by atoms with E-state index < -0.39 is 0 Å². The van der Waals surface area contributed by atoms with Gasteiger partial charge < -0.3 is 14.2 Å². The molecule has 2 heterocycles. The quantitative estimate of drug-likeness (QED) is 0.228. The summed E-state index contributed by atoms with van der Waals surface area (Å²) in [6.07, 6.45) is 3.70. The van der Waals surface area contributed by atoms with Gasteiger partial charge in [0, 0.05) is 5.56 Å². The van der Waals surface area contributed by atoms with E-state index >= 15 is 0 Å². The lowest BCUT2D eigenvalue weighted by molar-refractivity contribution is 0.335. The maximum absolute atomic E-state index is 14.1. The Bertz CT molecular complexity index is 1830. The number of thiazole rings is 1. The molecule has 0 bridgehead atoms. The number of rotatable bonds is 6. The highest BCUT2D eigenvalue weighted by Gasteiger charge is 2.33. The third-order valence-corrected chi connectivity index (χ3v) is 9.79. The van der Waals surface area contributed by atoms with Crippen LogP contribution in [0.4, 0.5) is 0 Å². The number of ether oxygens (including phenoxy) is 3. The van der Waals surface area contributed by atoms with E-state index in [0.29, 0.717) is 27.4 Å². The first-order valence-electron chi connectivity index (χ1n) is 12.9. The van der Waals surface area contributed by atoms with Crippen molar-refractivity contribution in [2.75, 3.05) is 20.8 Å². The second kappa shape index (κ2) is 11.3. The topological polar surface area (TPSA) is 62.0 Å². The number of allylic oxidation sites excluding steroid dienone is 1. The molecule has 0 radical (unpaired) electrons. The van der Waals surface area contributed by atoms with Crippen LogP contribution < -0.4 is 29.1 Å². The Kier molecular flexibility index (Phi) is 7.79. The average Bonchev–Trinajstić information content (AvgIpc) is 3.27. The highest BCUT2D eigenvalue weighted by atomic mass is 127. The van der Waals surface area contributed by atoms with Crippen LogP contribution in [0, 0.1) is 7.14 Å². The molecule has 1 aliphatic carbocycles. The summed E-state index contributed by atoms with van der Waals surface area (Å²) in [5.41, 5.74) is 6.43. The van der Waals surface area contributed by atoms with Gasteiger partial charge in [-0.2, -0.15) is 0 Å².